The molecule has 0 aromatic rings. The van der Waals surface area contributed by atoms with Crippen molar-refractivity contribution in [2.45, 2.75) is 76.8 Å². The SMILES string of the molecule is CC1(CC2(C)CC34OC3(CC2C=O)O4)CCCCC1. The lowest BCUT2D eigenvalue weighted by Gasteiger charge is -2.44. The summed E-state index contributed by atoms with van der Waals surface area (Å²) in [4.78, 5) is 11.5. The van der Waals surface area contributed by atoms with Crippen molar-refractivity contribution in [2.24, 2.45) is 16.7 Å². The summed E-state index contributed by atoms with van der Waals surface area (Å²) in [7, 11) is 0. The van der Waals surface area contributed by atoms with Gasteiger partial charge in [-0.25, -0.2) is 0 Å². The van der Waals surface area contributed by atoms with E-state index in [-0.39, 0.29) is 22.9 Å². The molecular weight excluding hydrogens is 240 g/mol. The number of carbonyl (C=O) groups excluding carboxylic acids is 1. The zero-order valence-electron chi connectivity index (χ0n) is 12.0. The third kappa shape index (κ3) is 1.61. The zero-order valence-corrected chi connectivity index (χ0v) is 12.0. The van der Waals surface area contributed by atoms with Crippen LogP contribution < -0.4 is 0 Å². The summed E-state index contributed by atoms with van der Waals surface area (Å²) < 4.78 is 11.4. The van der Waals surface area contributed by atoms with E-state index in [9.17, 15) is 4.79 Å². The molecule has 3 heteroatoms. The normalized spacial score (nSPS) is 53.9. The van der Waals surface area contributed by atoms with Crippen LogP contribution in [0.4, 0.5) is 0 Å². The van der Waals surface area contributed by atoms with E-state index in [4.69, 9.17) is 9.47 Å². The third-order valence-electron chi connectivity index (χ3n) is 6.23. The lowest BCUT2D eigenvalue weighted by Crippen LogP contribution is -2.40. The standard InChI is InChI=1S/C16H24O3/c1-13(6-4-3-5-7-13)10-14(2)11-16-15(18-16,19-16)8-12(14)9-17/h9,12H,3-8,10-11H2,1-2H3. The van der Waals surface area contributed by atoms with Gasteiger partial charge in [0.2, 0.25) is 11.6 Å². The van der Waals surface area contributed by atoms with Crippen LogP contribution in [0, 0.1) is 16.7 Å². The molecule has 0 radical (unpaired) electrons. The van der Waals surface area contributed by atoms with Crippen molar-refractivity contribution in [3.8, 4) is 0 Å². The van der Waals surface area contributed by atoms with Crippen molar-refractivity contribution in [3.05, 3.63) is 0 Å². The summed E-state index contributed by atoms with van der Waals surface area (Å²) in [5.74, 6) is -0.498. The first-order chi connectivity index (χ1) is 8.95. The fraction of sp³-hybridized carbons (Fsp3) is 0.938. The van der Waals surface area contributed by atoms with Gasteiger partial charge in [0.15, 0.2) is 0 Å². The molecule has 4 aliphatic rings. The molecule has 2 heterocycles. The van der Waals surface area contributed by atoms with Crippen LogP contribution >= 0.6 is 0 Å². The number of hydrogen-bond acceptors (Lipinski definition) is 3. The Labute approximate surface area is 115 Å². The molecule has 0 spiro atoms. The summed E-state index contributed by atoms with van der Waals surface area (Å²) in [6.07, 6.45) is 10.7. The van der Waals surface area contributed by atoms with E-state index in [0.717, 1.165) is 25.5 Å². The first kappa shape index (κ1) is 12.3. The predicted molar refractivity (Wildman–Crippen MR) is 70.3 cm³/mol. The topological polar surface area (TPSA) is 42.1 Å². The highest BCUT2D eigenvalue weighted by atomic mass is 17.0. The molecule has 0 aromatic carbocycles. The van der Waals surface area contributed by atoms with E-state index < -0.39 is 0 Å². The number of carbonyl (C=O) groups is 1. The zero-order chi connectivity index (χ0) is 13.4. The van der Waals surface area contributed by atoms with Crippen LogP contribution in [0.5, 0.6) is 0 Å². The third-order valence-corrected chi connectivity index (χ3v) is 6.23. The van der Waals surface area contributed by atoms with Gasteiger partial charge in [-0.05, 0) is 30.1 Å². The summed E-state index contributed by atoms with van der Waals surface area (Å²) in [5.41, 5.74) is 0.471. The number of ether oxygens (including phenoxy) is 2. The fourth-order valence-corrected chi connectivity index (χ4v) is 5.10. The lowest BCUT2D eigenvalue weighted by atomic mass is 9.58. The highest BCUT2D eigenvalue weighted by Gasteiger charge is 2.93. The van der Waals surface area contributed by atoms with Crippen LogP contribution in [0.15, 0.2) is 0 Å². The van der Waals surface area contributed by atoms with Crippen molar-refractivity contribution in [1.29, 1.82) is 0 Å². The predicted octanol–water partition coefficient (Wildman–Crippen LogP) is 3.42. The molecule has 2 aliphatic carbocycles. The molecule has 3 nitrogen and oxygen atoms in total. The first-order valence-electron chi connectivity index (χ1n) is 7.81. The Kier molecular flexibility index (Phi) is 2.23. The molecule has 4 rings (SSSR count). The molecule has 2 saturated carbocycles. The molecule has 0 bridgehead atoms. The van der Waals surface area contributed by atoms with Gasteiger partial charge in [0.25, 0.3) is 0 Å². The fourth-order valence-electron chi connectivity index (χ4n) is 5.10. The second-order valence-electron chi connectivity index (χ2n) is 8.04. The largest absolute Gasteiger partial charge is 0.307 e. The van der Waals surface area contributed by atoms with Gasteiger partial charge in [-0.3, -0.25) is 0 Å². The maximum absolute atomic E-state index is 11.5. The molecule has 19 heavy (non-hydrogen) atoms. The Hall–Kier alpha value is -0.410. The smallest absolute Gasteiger partial charge is 0.230 e. The molecule has 2 atom stereocenters. The Morgan fingerprint density at radius 3 is 2.42 bits per heavy atom. The monoisotopic (exact) mass is 264 g/mol. The van der Waals surface area contributed by atoms with Crippen LogP contribution in [-0.4, -0.2) is 17.9 Å². The maximum atomic E-state index is 11.5. The van der Waals surface area contributed by atoms with Crippen LogP contribution in [0.2, 0.25) is 0 Å². The summed E-state index contributed by atoms with van der Waals surface area (Å²) in [6.45, 7) is 4.70. The van der Waals surface area contributed by atoms with Gasteiger partial charge in [0.1, 0.15) is 6.29 Å². The van der Waals surface area contributed by atoms with Gasteiger partial charge < -0.3 is 14.3 Å². The lowest BCUT2D eigenvalue weighted by molar-refractivity contribution is -0.117. The van der Waals surface area contributed by atoms with Crippen LogP contribution in [0.25, 0.3) is 0 Å². The van der Waals surface area contributed by atoms with Gasteiger partial charge in [0, 0.05) is 18.8 Å². The maximum Gasteiger partial charge on any atom is 0.230 e. The van der Waals surface area contributed by atoms with E-state index in [1.165, 1.54) is 32.1 Å². The van der Waals surface area contributed by atoms with Crippen molar-refractivity contribution in [3.63, 3.8) is 0 Å². The molecule has 0 aromatic heterocycles. The first-order valence-corrected chi connectivity index (χ1v) is 7.81. The highest BCUT2D eigenvalue weighted by Crippen LogP contribution is 2.78. The molecule has 2 unspecified atom stereocenters. The van der Waals surface area contributed by atoms with E-state index in [1.807, 2.05) is 0 Å². The van der Waals surface area contributed by atoms with Crippen molar-refractivity contribution in [1.82, 2.24) is 0 Å². The van der Waals surface area contributed by atoms with E-state index in [1.54, 1.807) is 0 Å². The minimum Gasteiger partial charge on any atom is -0.307 e. The average molecular weight is 264 g/mol. The Morgan fingerprint density at radius 2 is 1.79 bits per heavy atom. The quantitative estimate of drug-likeness (QED) is 0.579. The second kappa shape index (κ2) is 3.43. The van der Waals surface area contributed by atoms with E-state index in [2.05, 4.69) is 13.8 Å². The molecular formula is C16H24O3. The molecule has 4 fully saturated rings. The Morgan fingerprint density at radius 1 is 1.11 bits per heavy atom. The average Bonchev–Trinajstić information content (AvgIpc) is 3.12. The highest BCUT2D eigenvalue weighted by molar-refractivity contribution is 5.57. The Bertz CT molecular complexity index is 418. The van der Waals surface area contributed by atoms with Crippen LogP contribution in [-0.2, 0) is 14.3 Å². The van der Waals surface area contributed by atoms with Crippen LogP contribution in [0.1, 0.15) is 65.2 Å². The van der Waals surface area contributed by atoms with Gasteiger partial charge in [0.05, 0.1) is 0 Å². The Balaban J connectivity index is 1.55. The van der Waals surface area contributed by atoms with Gasteiger partial charge in [-0.1, -0.05) is 33.1 Å². The van der Waals surface area contributed by atoms with Gasteiger partial charge in [-0.15, -0.1) is 0 Å². The summed E-state index contributed by atoms with van der Waals surface area (Å²) >= 11 is 0. The molecule has 2 aliphatic heterocycles. The minimum atomic E-state index is -0.328. The van der Waals surface area contributed by atoms with Crippen molar-refractivity contribution in [2.75, 3.05) is 0 Å². The van der Waals surface area contributed by atoms with E-state index in [0.29, 0.717) is 5.41 Å². The summed E-state index contributed by atoms with van der Waals surface area (Å²) in [5, 5.41) is 0. The molecule has 0 amide bonds. The number of aldehydes is 1. The molecule has 0 N–H and O–H groups in total. The van der Waals surface area contributed by atoms with E-state index >= 15 is 0 Å². The van der Waals surface area contributed by atoms with Crippen molar-refractivity contribution >= 4 is 6.29 Å². The van der Waals surface area contributed by atoms with Crippen molar-refractivity contribution < 1.29 is 14.3 Å². The number of epoxide rings is 2. The number of rotatable bonds is 3. The number of hydrogen-bond donors (Lipinski definition) is 0. The summed E-state index contributed by atoms with van der Waals surface area (Å²) in [6, 6.07) is 0. The second-order valence-corrected chi connectivity index (χ2v) is 8.04. The minimum absolute atomic E-state index is 0.0599. The van der Waals surface area contributed by atoms with Crippen LogP contribution in [0.3, 0.4) is 0 Å². The van der Waals surface area contributed by atoms with Gasteiger partial charge >= 0.3 is 0 Å². The molecule has 2 saturated heterocycles. The molecule has 106 valence electrons. The van der Waals surface area contributed by atoms with Gasteiger partial charge in [-0.2, -0.15) is 0 Å².